The third kappa shape index (κ3) is 6.71. The first-order chi connectivity index (χ1) is 8.53. The lowest BCUT2D eigenvalue weighted by Gasteiger charge is -2.27. The third-order valence-electron chi connectivity index (χ3n) is 3.48. The van der Waals surface area contributed by atoms with E-state index in [1.165, 1.54) is 6.42 Å². The van der Waals surface area contributed by atoms with Crippen molar-refractivity contribution in [3.63, 3.8) is 0 Å². The van der Waals surface area contributed by atoms with Crippen LogP contribution in [0.25, 0.3) is 0 Å². The Bertz CT molecular complexity index is 317. The minimum Gasteiger partial charge on any atom is -0.317 e. The Morgan fingerprint density at radius 3 is 2.67 bits per heavy atom. The summed E-state index contributed by atoms with van der Waals surface area (Å²) in [4.78, 5) is 0. The van der Waals surface area contributed by atoms with Gasteiger partial charge in [-0.1, -0.05) is 26.7 Å². The lowest BCUT2D eigenvalue weighted by Crippen LogP contribution is -2.39. The van der Waals surface area contributed by atoms with Crippen LogP contribution in [-0.4, -0.2) is 33.3 Å². The van der Waals surface area contributed by atoms with Crippen molar-refractivity contribution in [2.75, 3.05) is 18.8 Å². The molecule has 0 saturated heterocycles. The zero-order valence-corrected chi connectivity index (χ0v) is 12.6. The van der Waals surface area contributed by atoms with Crippen molar-refractivity contribution in [3.05, 3.63) is 0 Å². The van der Waals surface area contributed by atoms with E-state index in [2.05, 4.69) is 23.9 Å². The quantitative estimate of drug-likeness (QED) is 0.665. The second kappa shape index (κ2) is 8.12. The molecule has 2 N–H and O–H groups in total. The van der Waals surface area contributed by atoms with Gasteiger partial charge >= 0.3 is 0 Å². The number of rotatable bonds is 8. The second-order valence-electron chi connectivity index (χ2n) is 5.51. The summed E-state index contributed by atoms with van der Waals surface area (Å²) in [6.07, 6.45) is 6.15. The molecule has 18 heavy (non-hydrogen) atoms. The van der Waals surface area contributed by atoms with Crippen LogP contribution >= 0.6 is 0 Å². The Labute approximate surface area is 112 Å². The van der Waals surface area contributed by atoms with Gasteiger partial charge in [0.2, 0.25) is 10.0 Å². The Kier molecular flexibility index (Phi) is 7.19. The molecule has 1 fully saturated rings. The van der Waals surface area contributed by atoms with E-state index in [0.29, 0.717) is 12.3 Å². The molecule has 0 aromatic carbocycles. The van der Waals surface area contributed by atoms with Crippen LogP contribution in [0.5, 0.6) is 0 Å². The van der Waals surface area contributed by atoms with Gasteiger partial charge in [-0.25, -0.2) is 13.1 Å². The lowest BCUT2D eigenvalue weighted by atomic mass is 9.88. The van der Waals surface area contributed by atoms with Gasteiger partial charge in [-0.05, 0) is 44.7 Å². The maximum Gasteiger partial charge on any atom is 0.211 e. The molecule has 1 aliphatic rings. The number of sulfonamides is 1. The summed E-state index contributed by atoms with van der Waals surface area (Å²) in [6, 6.07) is 0.169. The fourth-order valence-electron chi connectivity index (χ4n) is 2.54. The minimum absolute atomic E-state index is 0.169. The van der Waals surface area contributed by atoms with Crippen molar-refractivity contribution >= 4 is 10.0 Å². The first-order valence-corrected chi connectivity index (χ1v) is 8.89. The summed E-state index contributed by atoms with van der Waals surface area (Å²) < 4.78 is 26.7. The Morgan fingerprint density at radius 1 is 1.22 bits per heavy atom. The molecule has 0 amide bonds. The molecule has 4 nitrogen and oxygen atoms in total. The molecular formula is C13H28N2O2S. The van der Waals surface area contributed by atoms with E-state index in [4.69, 9.17) is 0 Å². The highest BCUT2D eigenvalue weighted by Gasteiger charge is 2.22. The first-order valence-electron chi connectivity index (χ1n) is 7.24. The SMILES string of the molecule is CCCNCCCS(=O)(=O)NC1CCCC(C)C1. The fourth-order valence-corrected chi connectivity index (χ4v) is 3.91. The molecule has 0 aromatic rings. The van der Waals surface area contributed by atoms with E-state index in [1.54, 1.807) is 0 Å². The number of hydrogen-bond acceptors (Lipinski definition) is 3. The molecule has 1 aliphatic carbocycles. The molecule has 0 heterocycles. The highest BCUT2D eigenvalue weighted by atomic mass is 32.2. The van der Waals surface area contributed by atoms with Crippen LogP contribution in [0.2, 0.25) is 0 Å². The van der Waals surface area contributed by atoms with Crippen LogP contribution in [0, 0.1) is 5.92 Å². The summed E-state index contributed by atoms with van der Waals surface area (Å²) >= 11 is 0. The summed E-state index contributed by atoms with van der Waals surface area (Å²) in [6.45, 7) is 6.06. The van der Waals surface area contributed by atoms with Crippen molar-refractivity contribution < 1.29 is 8.42 Å². The molecule has 1 rings (SSSR count). The van der Waals surface area contributed by atoms with Gasteiger partial charge in [0.1, 0.15) is 0 Å². The van der Waals surface area contributed by atoms with Crippen molar-refractivity contribution in [2.24, 2.45) is 5.92 Å². The average molecular weight is 276 g/mol. The molecular weight excluding hydrogens is 248 g/mol. The molecule has 0 bridgehead atoms. The van der Waals surface area contributed by atoms with Crippen LogP contribution in [-0.2, 0) is 10.0 Å². The van der Waals surface area contributed by atoms with E-state index in [-0.39, 0.29) is 11.8 Å². The van der Waals surface area contributed by atoms with E-state index in [9.17, 15) is 8.42 Å². The van der Waals surface area contributed by atoms with Gasteiger partial charge in [-0.15, -0.1) is 0 Å². The smallest absolute Gasteiger partial charge is 0.211 e. The lowest BCUT2D eigenvalue weighted by molar-refractivity contribution is 0.327. The highest BCUT2D eigenvalue weighted by Crippen LogP contribution is 2.23. The van der Waals surface area contributed by atoms with E-state index >= 15 is 0 Å². The van der Waals surface area contributed by atoms with E-state index in [1.807, 2.05) is 0 Å². The maximum absolute atomic E-state index is 11.9. The zero-order valence-electron chi connectivity index (χ0n) is 11.7. The first kappa shape index (κ1) is 15.9. The molecule has 1 saturated carbocycles. The van der Waals surface area contributed by atoms with Gasteiger partial charge < -0.3 is 5.32 Å². The molecule has 108 valence electrons. The van der Waals surface area contributed by atoms with E-state index < -0.39 is 10.0 Å². The zero-order chi connectivity index (χ0) is 13.4. The molecule has 0 spiro atoms. The fraction of sp³-hybridized carbons (Fsp3) is 1.00. The van der Waals surface area contributed by atoms with Gasteiger partial charge in [0.25, 0.3) is 0 Å². The number of hydrogen-bond donors (Lipinski definition) is 2. The Hall–Kier alpha value is -0.130. The molecule has 2 atom stereocenters. The van der Waals surface area contributed by atoms with Crippen molar-refractivity contribution in [1.29, 1.82) is 0 Å². The maximum atomic E-state index is 11.9. The summed E-state index contributed by atoms with van der Waals surface area (Å²) in [5.41, 5.74) is 0. The van der Waals surface area contributed by atoms with Crippen molar-refractivity contribution in [3.8, 4) is 0 Å². The third-order valence-corrected chi connectivity index (χ3v) is 4.99. The summed E-state index contributed by atoms with van der Waals surface area (Å²) in [5, 5.41) is 3.23. The monoisotopic (exact) mass is 276 g/mol. The number of nitrogens with one attached hydrogen (secondary N) is 2. The van der Waals surface area contributed by atoms with E-state index in [0.717, 1.165) is 38.8 Å². The summed E-state index contributed by atoms with van der Waals surface area (Å²) in [5.74, 6) is 0.895. The second-order valence-corrected chi connectivity index (χ2v) is 7.38. The van der Waals surface area contributed by atoms with Crippen LogP contribution < -0.4 is 10.0 Å². The van der Waals surface area contributed by atoms with Gasteiger partial charge in [0.05, 0.1) is 5.75 Å². The van der Waals surface area contributed by atoms with Crippen LogP contribution in [0.1, 0.15) is 52.4 Å². The predicted molar refractivity (Wildman–Crippen MR) is 76.1 cm³/mol. The van der Waals surface area contributed by atoms with Gasteiger partial charge in [0, 0.05) is 6.04 Å². The van der Waals surface area contributed by atoms with Gasteiger partial charge in [-0.3, -0.25) is 0 Å². The molecule has 0 aromatic heterocycles. The minimum atomic E-state index is -3.08. The van der Waals surface area contributed by atoms with Gasteiger partial charge in [-0.2, -0.15) is 0 Å². The predicted octanol–water partition coefficient (Wildman–Crippen LogP) is 1.87. The molecule has 0 aliphatic heterocycles. The highest BCUT2D eigenvalue weighted by molar-refractivity contribution is 7.89. The molecule has 5 heteroatoms. The van der Waals surface area contributed by atoms with Crippen LogP contribution in [0.15, 0.2) is 0 Å². The largest absolute Gasteiger partial charge is 0.317 e. The Morgan fingerprint density at radius 2 is 2.00 bits per heavy atom. The average Bonchev–Trinajstić information content (AvgIpc) is 2.28. The van der Waals surface area contributed by atoms with Crippen molar-refractivity contribution in [2.45, 2.75) is 58.4 Å². The van der Waals surface area contributed by atoms with Crippen LogP contribution in [0.4, 0.5) is 0 Å². The van der Waals surface area contributed by atoms with Crippen LogP contribution in [0.3, 0.4) is 0 Å². The van der Waals surface area contributed by atoms with Gasteiger partial charge in [0.15, 0.2) is 0 Å². The Balaban J connectivity index is 2.22. The molecule has 0 radical (unpaired) electrons. The standard InChI is InChI=1S/C13H28N2O2S/c1-3-8-14-9-5-10-18(16,17)15-13-7-4-6-12(2)11-13/h12-15H,3-11H2,1-2H3. The summed E-state index contributed by atoms with van der Waals surface area (Å²) in [7, 11) is -3.08. The molecule has 2 unspecified atom stereocenters. The topological polar surface area (TPSA) is 58.2 Å². The normalized spacial score (nSPS) is 25.2. The van der Waals surface area contributed by atoms with Crippen molar-refractivity contribution in [1.82, 2.24) is 10.0 Å².